The first-order valence-electron chi connectivity index (χ1n) is 17.5. The van der Waals surface area contributed by atoms with Crippen molar-refractivity contribution in [3.8, 4) is 66.8 Å². The van der Waals surface area contributed by atoms with Crippen LogP contribution in [0.15, 0.2) is 182 Å². The molecule has 0 bridgehead atoms. The second kappa shape index (κ2) is 10.9. The van der Waals surface area contributed by atoms with Gasteiger partial charge in [-0.2, -0.15) is 0 Å². The molecule has 2 nitrogen and oxygen atoms in total. The summed E-state index contributed by atoms with van der Waals surface area (Å²) in [6, 6.07) is 62.3. The summed E-state index contributed by atoms with van der Waals surface area (Å²) < 4.78 is 0. The Bertz CT molecular complexity index is 2600. The van der Waals surface area contributed by atoms with E-state index in [9.17, 15) is 0 Å². The van der Waals surface area contributed by atoms with Crippen LogP contribution in [0.3, 0.4) is 0 Å². The van der Waals surface area contributed by atoms with Crippen LogP contribution >= 0.6 is 0 Å². The van der Waals surface area contributed by atoms with E-state index >= 15 is 0 Å². The summed E-state index contributed by atoms with van der Waals surface area (Å²) in [6.07, 6.45) is 3.79. The maximum atomic E-state index is 4.55. The molecule has 0 fully saturated rings. The Balaban J connectivity index is 1.20. The molecule has 2 aliphatic carbocycles. The SMILES string of the molecule is c1ccc(N(c2cccnc2)c2cc(-c3ccc4c5c(cccc35)-c3ccccc3-4)cc(-c3ccc4c5c(cccc35)-c3ccccc3-4)c2)cc1. The summed E-state index contributed by atoms with van der Waals surface area (Å²) >= 11 is 0. The first kappa shape index (κ1) is 28.1. The summed E-state index contributed by atoms with van der Waals surface area (Å²) in [5, 5.41) is 5.21. The molecular formula is C49H30N2. The molecule has 8 aromatic carbocycles. The Morgan fingerprint density at radius 1 is 0.314 bits per heavy atom. The van der Waals surface area contributed by atoms with Gasteiger partial charge >= 0.3 is 0 Å². The van der Waals surface area contributed by atoms with Crippen LogP contribution < -0.4 is 4.90 Å². The summed E-state index contributed by atoms with van der Waals surface area (Å²) in [6.45, 7) is 0. The highest BCUT2D eigenvalue weighted by Crippen LogP contribution is 2.52. The Morgan fingerprint density at radius 3 is 1.27 bits per heavy atom. The Hall–Kier alpha value is -6.77. The lowest BCUT2D eigenvalue weighted by Gasteiger charge is -2.26. The van der Waals surface area contributed by atoms with E-state index in [1.165, 1.54) is 88.3 Å². The van der Waals surface area contributed by atoms with Crippen molar-refractivity contribution < 1.29 is 0 Å². The average Bonchev–Trinajstić information content (AvgIpc) is 3.71. The monoisotopic (exact) mass is 646 g/mol. The first-order valence-corrected chi connectivity index (χ1v) is 17.5. The van der Waals surface area contributed by atoms with E-state index in [4.69, 9.17) is 0 Å². The fourth-order valence-electron chi connectivity index (χ4n) is 8.68. The Morgan fingerprint density at radius 2 is 0.765 bits per heavy atom. The van der Waals surface area contributed by atoms with Crippen LogP contribution in [-0.4, -0.2) is 4.98 Å². The molecule has 1 aromatic heterocycles. The lowest BCUT2D eigenvalue weighted by molar-refractivity contribution is 1.23. The van der Waals surface area contributed by atoms with Crippen molar-refractivity contribution in [2.24, 2.45) is 0 Å². The Kier molecular flexibility index (Phi) is 5.99. The van der Waals surface area contributed by atoms with Gasteiger partial charge in [0, 0.05) is 17.6 Å². The summed E-state index contributed by atoms with van der Waals surface area (Å²) in [4.78, 5) is 6.88. The number of para-hydroxylation sites is 1. The quantitative estimate of drug-likeness (QED) is 0.185. The zero-order valence-electron chi connectivity index (χ0n) is 27.7. The zero-order valence-corrected chi connectivity index (χ0v) is 27.7. The van der Waals surface area contributed by atoms with Crippen molar-refractivity contribution in [3.63, 3.8) is 0 Å². The molecule has 2 heteroatoms. The maximum absolute atomic E-state index is 4.55. The van der Waals surface area contributed by atoms with Gasteiger partial charge in [-0.25, -0.2) is 0 Å². The molecule has 0 saturated carbocycles. The van der Waals surface area contributed by atoms with Crippen LogP contribution in [0.4, 0.5) is 17.1 Å². The topological polar surface area (TPSA) is 16.1 Å². The molecule has 11 rings (SSSR count). The van der Waals surface area contributed by atoms with Crippen LogP contribution in [-0.2, 0) is 0 Å². The number of rotatable bonds is 5. The van der Waals surface area contributed by atoms with Crippen molar-refractivity contribution in [2.75, 3.05) is 4.90 Å². The normalized spacial score (nSPS) is 11.9. The zero-order chi connectivity index (χ0) is 33.5. The molecule has 236 valence electrons. The van der Waals surface area contributed by atoms with E-state index in [1.54, 1.807) is 0 Å². The van der Waals surface area contributed by atoms with E-state index in [1.807, 2.05) is 18.5 Å². The van der Waals surface area contributed by atoms with Gasteiger partial charge in [-0.3, -0.25) is 4.98 Å². The number of hydrogen-bond donors (Lipinski definition) is 0. The molecule has 0 saturated heterocycles. The highest BCUT2D eigenvalue weighted by molar-refractivity contribution is 6.20. The molecule has 0 amide bonds. The van der Waals surface area contributed by atoms with Gasteiger partial charge in [-0.1, -0.05) is 127 Å². The molecule has 0 radical (unpaired) electrons. The van der Waals surface area contributed by atoms with Crippen molar-refractivity contribution in [1.82, 2.24) is 4.98 Å². The highest BCUT2D eigenvalue weighted by Gasteiger charge is 2.25. The van der Waals surface area contributed by atoms with Crippen LogP contribution in [0.1, 0.15) is 0 Å². The largest absolute Gasteiger partial charge is 0.309 e. The first-order chi connectivity index (χ1) is 25.3. The second-order valence-corrected chi connectivity index (χ2v) is 13.5. The van der Waals surface area contributed by atoms with Crippen LogP contribution in [0, 0.1) is 0 Å². The minimum absolute atomic E-state index is 1.01. The number of fused-ring (bicyclic) bond motifs is 6. The molecule has 0 unspecified atom stereocenters. The fourth-order valence-corrected chi connectivity index (χ4v) is 8.68. The lowest BCUT2D eigenvalue weighted by Crippen LogP contribution is -2.10. The Labute approximate surface area is 296 Å². The van der Waals surface area contributed by atoms with E-state index in [0.29, 0.717) is 0 Å². The van der Waals surface area contributed by atoms with Gasteiger partial charge in [-0.15, -0.1) is 0 Å². The van der Waals surface area contributed by atoms with Crippen LogP contribution in [0.5, 0.6) is 0 Å². The van der Waals surface area contributed by atoms with Gasteiger partial charge in [0.2, 0.25) is 0 Å². The van der Waals surface area contributed by atoms with Gasteiger partial charge in [0.05, 0.1) is 11.9 Å². The number of pyridine rings is 1. The van der Waals surface area contributed by atoms with Crippen LogP contribution in [0.2, 0.25) is 0 Å². The number of hydrogen-bond acceptors (Lipinski definition) is 2. The van der Waals surface area contributed by atoms with Gasteiger partial charge in [-0.05, 0) is 131 Å². The third-order valence-electron chi connectivity index (χ3n) is 10.8. The van der Waals surface area contributed by atoms with E-state index in [0.717, 1.165) is 17.1 Å². The predicted molar refractivity (Wildman–Crippen MR) is 214 cm³/mol. The predicted octanol–water partition coefficient (Wildman–Crippen LogP) is 13.5. The van der Waals surface area contributed by atoms with Gasteiger partial charge in [0.1, 0.15) is 0 Å². The van der Waals surface area contributed by atoms with E-state index in [2.05, 4.69) is 174 Å². The minimum Gasteiger partial charge on any atom is -0.309 e. The van der Waals surface area contributed by atoms with Crippen molar-refractivity contribution in [3.05, 3.63) is 182 Å². The van der Waals surface area contributed by atoms with E-state index in [-0.39, 0.29) is 0 Å². The van der Waals surface area contributed by atoms with Gasteiger partial charge < -0.3 is 4.90 Å². The molecule has 1 heterocycles. The lowest BCUT2D eigenvalue weighted by atomic mass is 9.90. The van der Waals surface area contributed by atoms with Crippen molar-refractivity contribution >= 4 is 38.6 Å². The molecule has 0 atom stereocenters. The van der Waals surface area contributed by atoms with Gasteiger partial charge in [0.25, 0.3) is 0 Å². The molecule has 0 spiro atoms. The molecule has 9 aromatic rings. The molecule has 2 aliphatic rings. The fraction of sp³-hybridized carbons (Fsp3) is 0. The average molecular weight is 647 g/mol. The molecular weight excluding hydrogens is 617 g/mol. The maximum Gasteiger partial charge on any atom is 0.0644 e. The second-order valence-electron chi connectivity index (χ2n) is 13.5. The van der Waals surface area contributed by atoms with Crippen LogP contribution in [0.25, 0.3) is 88.3 Å². The van der Waals surface area contributed by atoms with Crippen molar-refractivity contribution in [1.29, 1.82) is 0 Å². The number of nitrogens with zero attached hydrogens (tertiary/aromatic N) is 2. The summed E-state index contributed by atoms with van der Waals surface area (Å²) in [7, 11) is 0. The number of benzene rings is 8. The summed E-state index contributed by atoms with van der Waals surface area (Å²) in [5.41, 5.74) is 18.5. The number of aromatic nitrogens is 1. The molecule has 0 aliphatic heterocycles. The van der Waals surface area contributed by atoms with Crippen molar-refractivity contribution in [2.45, 2.75) is 0 Å². The third kappa shape index (κ3) is 4.14. The van der Waals surface area contributed by atoms with Gasteiger partial charge in [0.15, 0.2) is 0 Å². The molecule has 0 N–H and O–H groups in total. The van der Waals surface area contributed by atoms with E-state index < -0.39 is 0 Å². The smallest absolute Gasteiger partial charge is 0.0644 e. The molecule has 51 heavy (non-hydrogen) atoms. The number of anilines is 3. The summed E-state index contributed by atoms with van der Waals surface area (Å²) in [5.74, 6) is 0. The highest BCUT2D eigenvalue weighted by atomic mass is 15.1. The standard InChI is InChI=1S/C49H30N2/c1-2-11-33(12-3-1)51(34-13-10-26-50-30-34)35-28-31(36-22-24-46-40-16-6-4-14-38(40)44-20-8-18-42(36)48(44)46)27-32(29-35)37-23-25-47-41-17-7-5-15-39(41)45-21-9-19-43(37)49(45)47/h1-30H. The third-order valence-corrected chi connectivity index (χ3v) is 10.8. The minimum atomic E-state index is 1.01.